The topological polar surface area (TPSA) is 78.6 Å². The van der Waals surface area contributed by atoms with Gasteiger partial charge in [-0.3, -0.25) is 9.59 Å². The minimum absolute atomic E-state index is 0.0444. The molecule has 5 nitrogen and oxygen atoms in total. The smallest absolute Gasteiger partial charge is 0.320 e. The maximum Gasteiger partial charge on any atom is 0.320 e. The Morgan fingerprint density at radius 1 is 0.941 bits per heavy atom. The van der Waals surface area contributed by atoms with Crippen LogP contribution in [0.3, 0.4) is 0 Å². The van der Waals surface area contributed by atoms with Gasteiger partial charge in [-0.2, -0.15) is 0 Å². The van der Waals surface area contributed by atoms with E-state index in [4.69, 9.17) is 15.2 Å². The molecule has 0 aromatic rings. The Hall–Kier alpha value is -1.10. The molecule has 0 spiro atoms. The number of hydrogen-bond donors (Lipinski definition) is 1. The fraction of sp³-hybridized carbons (Fsp3) is 0.833. The third-order valence-corrected chi connectivity index (χ3v) is 1.04. The molecule has 0 saturated carbocycles. The number of hydrogen-bond acceptors (Lipinski definition) is 5. The summed E-state index contributed by atoms with van der Waals surface area (Å²) in [6.45, 7) is 12.3. The lowest BCUT2D eigenvalue weighted by atomic mass is 10.2. The van der Waals surface area contributed by atoms with Crippen molar-refractivity contribution in [3.8, 4) is 0 Å². The summed E-state index contributed by atoms with van der Waals surface area (Å²) >= 11 is 0. The van der Waals surface area contributed by atoms with Crippen molar-refractivity contribution in [2.75, 3.05) is 6.54 Å². The predicted molar refractivity (Wildman–Crippen MR) is 66.4 cm³/mol. The fourth-order valence-electron chi connectivity index (χ4n) is 0.814. The Kier molecular flexibility index (Phi) is 7.81. The van der Waals surface area contributed by atoms with Crippen molar-refractivity contribution < 1.29 is 19.1 Å². The van der Waals surface area contributed by atoms with Crippen molar-refractivity contribution in [2.45, 2.75) is 59.7 Å². The van der Waals surface area contributed by atoms with E-state index in [1.54, 1.807) is 20.8 Å². The summed E-state index contributed by atoms with van der Waals surface area (Å²) in [5, 5.41) is 0. The van der Waals surface area contributed by atoms with Crippen molar-refractivity contribution in [2.24, 2.45) is 5.73 Å². The Morgan fingerprint density at radius 3 is 1.35 bits per heavy atom. The highest BCUT2D eigenvalue weighted by Gasteiger charge is 2.14. The van der Waals surface area contributed by atoms with Crippen LogP contribution in [0.5, 0.6) is 0 Å². The minimum Gasteiger partial charge on any atom is -0.460 e. The van der Waals surface area contributed by atoms with Gasteiger partial charge in [0.1, 0.15) is 11.2 Å². The quantitative estimate of drug-likeness (QED) is 0.712. The van der Waals surface area contributed by atoms with Gasteiger partial charge >= 0.3 is 11.9 Å². The highest BCUT2D eigenvalue weighted by Crippen LogP contribution is 2.06. The first-order valence-corrected chi connectivity index (χ1v) is 5.49. The fourth-order valence-corrected chi connectivity index (χ4v) is 0.814. The molecule has 102 valence electrons. The molecule has 0 aliphatic carbocycles. The SMILES string of the molecule is CC(=O)OC(C)(C)C.CC(C)(C)OC(=O)CN. The zero-order chi connectivity index (χ0) is 14.3. The van der Waals surface area contributed by atoms with E-state index in [1.807, 2.05) is 20.8 Å². The third-order valence-electron chi connectivity index (χ3n) is 1.04. The van der Waals surface area contributed by atoms with Gasteiger partial charge in [-0.05, 0) is 41.5 Å². The van der Waals surface area contributed by atoms with E-state index in [9.17, 15) is 9.59 Å². The van der Waals surface area contributed by atoms with E-state index in [-0.39, 0.29) is 24.1 Å². The van der Waals surface area contributed by atoms with Crippen molar-refractivity contribution in [1.82, 2.24) is 0 Å². The lowest BCUT2D eigenvalue weighted by Gasteiger charge is -2.18. The second-order valence-electron chi connectivity index (χ2n) is 5.50. The van der Waals surface area contributed by atoms with E-state index < -0.39 is 5.60 Å². The largest absolute Gasteiger partial charge is 0.460 e. The normalized spacial score (nSPS) is 11.1. The van der Waals surface area contributed by atoms with Gasteiger partial charge in [0.05, 0.1) is 6.54 Å². The standard InChI is InChI=1S/C6H13NO2.C6H12O2/c1-6(2,3)9-5(8)4-7;1-5(7)8-6(2,3)4/h4,7H2,1-3H3;1-4H3. The molecule has 0 fully saturated rings. The molecule has 0 amide bonds. The number of rotatable bonds is 1. The van der Waals surface area contributed by atoms with E-state index in [2.05, 4.69) is 0 Å². The van der Waals surface area contributed by atoms with Gasteiger partial charge in [0.2, 0.25) is 0 Å². The van der Waals surface area contributed by atoms with Crippen LogP contribution in [-0.2, 0) is 19.1 Å². The molecule has 0 bridgehead atoms. The summed E-state index contributed by atoms with van der Waals surface area (Å²) in [6.07, 6.45) is 0. The Balaban J connectivity index is 0. The number of nitrogens with two attached hydrogens (primary N) is 1. The lowest BCUT2D eigenvalue weighted by Crippen LogP contribution is -2.28. The summed E-state index contributed by atoms with van der Waals surface area (Å²) in [7, 11) is 0. The maximum atomic E-state index is 10.5. The molecule has 0 aliphatic heterocycles. The zero-order valence-electron chi connectivity index (χ0n) is 11.9. The van der Waals surface area contributed by atoms with Gasteiger partial charge in [0.15, 0.2) is 0 Å². The minimum atomic E-state index is -0.406. The van der Waals surface area contributed by atoms with Crippen molar-refractivity contribution in [3.63, 3.8) is 0 Å². The second-order valence-corrected chi connectivity index (χ2v) is 5.50. The van der Waals surface area contributed by atoms with Crippen LogP contribution in [0, 0.1) is 0 Å². The van der Waals surface area contributed by atoms with Gasteiger partial charge < -0.3 is 15.2 Å². The average Bonchev–Trinajstić information content (AvgIpc) is 1.96. The molecule has 0 aromatic carbocycles. The first-order valence-electron chi connectivity index (χ1n) is 5.49. The van der Waals surface area contributed by atoms with E-state index in [1.165, 1.54) is 6.92 Å². The molecular weight excluding hydrogens is 222 g/mol. The summed E-state index contributed by atoms with van der Waals surface area (Å²) in [5.74, 6) is -0.583. The van der Waals surface area contributed by atoms with Crippen LogP contribution >= 0.6 is 0 Å². The molecule has 2 N–H and O–H groups in total. The summed E-state index contributed by atoms with van der Waals surface area (Å²) < 4.78 is 9.62. The molecule has 5 heteroatoms. The van der Waals surface area contributed by atoms with Gasteiger partial charge in [-0.25, -0.2) is 0 Å². The van der Waals surface area contributed by atoms with E-state index >= 15 is 0 Å². The van der Waals surface area contributed by atoms with Crippen LogP contribution in [-0.4, -0.2) is 29.7 Å². The molecule has 0 atom stereocenters. The Labute approximate surface area is 104 Å². The van der Waals surface area contributed by atoms with Crippen molar-refractivity contribution >= 4 is 11.9 Å². The van der Waals surface area contributed by atoms with Crippen LogP contribution in [0.1, 0.15) is 48.5 Å². The van der Waals surface area contributed by atoms with Crippen LogP contribution in [0.4, 0.5) is 0 Å². The number of carbonyl (C=O) groups excluding carboxylic acids is 2. The van der Waals surface area contributed by atoms with E-state index in [0.29, 0.717) is 0 Å². The molecular formula is C12H25NO4. The van der Waals surface area contributed by atoms with Gasteiger partial charge in [-0.1, -0.05) is 0 Å². The van der Waals surface area contributed by atoms with Gasteiger partial charge in [-0.15, -0.1) is 0 Å². The second kappa shape index (κ2) is 7.27. The van der Waals surface area contributed by atoms with Crippen molar-refractivity contribution in [1.29, 1.82) is 0 Å². The molecule has 17 heavy (non-hydrogen) atoms. The molecule has 0 aromatic heterocycles. The predicted octanol–water partition coefficient (Wildman–Crippen LogP) is 1.63. The molecule has 0 unspecified atom stereocenters. The first-order chi connectivity index (χ1) is 7.37. The van der Waals surface area contributed by atoms with Gasteiger partial charge in [0, 0.05) is 6.92 Å². The van der Waals surface area contributed by atoms with E-state index in [0.717, 1.165) is 0 Å². The summed E-state index contributed by atoms with van der Waals surface area (Å²) in [4.78, 5) is 20.7. The maximum absolute atomic E-state index is 10.5. The molecule has 0 aliphatic rings. The number of esters is 2. The van der Waals surface area contributed by atoms with Crippen molar-refractivity contribution in [3.05, 3.63) is 0 Å². The van der Waals surface area contributed by atoms with Crippen LogP contribution in [0.2, 0.25) is 0 Å². The molecule has 0 radical (unpaired) electrons. The monoisotopic (exact) mass is 247 g/mol. The highest BCUT2D eigenvalue weighted by atomic mass is 16.6. The zero-order valence-corrected chi connectivity index (χ0v) is 11.9. The Bertz CT molecular complexity index is 248. The van der Waals surface area contributed by atoms with Crippen LogP contribution in [0.15, 0.2) is 0 Å². The number of carbonyl (C=O) groups is 2. The molecule has 0 heterocycles. The average molecular weight is 247 g/mol. The van der Waals surface area contributed by atoms with Gasteiger partial charge in [0.25, 0.3) is 0 Å². The third kappa shape index (κ3) is 20.9. The first kappa shape index (κ1) is 18.3. The van der Waals surface area contributed by atoms with Crippen LogP contribution in [0.25, 0.3) is 0 Å². The van der Waals surface area contributed by atoms with Crippen LogP contribution < -0.4 is 5.73 Å². The lowest BCUT2D eigenvalue weighted by molar-refractivity contribution is -0.153. The number of ether oxygens (including phenoxy) is 2. The Morgan fingerprint density at radius 2 is 1.29 bits per heavy atom. The summed E-state index contributed by atoms with van der Waals surface area (Å²) in [6, 6.07) is 0. The molecule has 0 rings (SSSR count). The summed E-state index contributed by atoms with van der Waals surface area (Å²) in [5.41, 5.74) is 4.27. The molecule has 0 saturated heterocycles. The highest BCUT2D eigenvalue weighted by molar-refractivity contribution is 5.71.